The second kappa shape index (κ2) is 4.77. The summed E-state index contributed by atoms with van der Waals surface area (Å²) in [5.74, 6) is 0.337. The molecule has 0 saturated carbocycles. The van der Waals surface area contributed by atoms with Crippen LogP contribution in [0, 0.1) is 0 Å². The topological polar surface area (TPSA) is 42.0 Å². The molecule has 1 aliphatic heterocycles. The van der Waals surface area contributed by atoms with Crippen molar-refractivity contribution < 1.29 is 4.79 Å². The summed E-state index contributed by atoms with van der Waals surface area (Å²) in [7, 11) is 0. The van der Waals surface area contributed by atoms with Crippen LogP contribution in [0.4, 0.5) is 5.69 Å². The highest BCUT2D eigenvalue weighted by Gasteiger charge is 2.37. The van der Waals surface area contributed by atoms with Gasteiger partial charge in [-0.25, -0.2) is 0 Å². The average Bonchev–Trinajstić information content (AvgIpc) is 3.23. The van der Waals surface area contributed by atoms with Crippen LogP contribution in [0.15, 0.2) is 59.2 Å². The third-order valence-electron chi connectivity index (χ3n) is 4.75. The number of nitrogens with zero attached hydrogens (tertiary/aromatic N) is 1. The molecule has 1 atom stereocenters. The second-order valence-electron chi connectivity index (χ2n) is 5.99. The first kappa shape index (κ1) is 13.0. The van der Waals surface area contributed by atoms with E-state index in [1.54, 1.807) is 11.3 Å². The summed E-state index contributed by atoms with van der Waals surface area (Å²) in [6, 6.07) is 12.4. The highest BCUT2D eigenvalue weighted by molar-refractivity contribution is 7.10. The lowest BCUT2D eigenvalue weighted by Gasteiger charge is -2.28. The molecule has 1 unspecified atom stereocenters. The number of rotatable bonds is 1. The maximum atomic E-state index is 12.5. The minimum Gasteiger partial charge on any atom is -0.358 e. The Hall–Kier alpha value is -2.46. The number of aromatic nitrogens is 1. The highest BCUT2D eigenvalue weighted by Crippen LogP contribution is 2.48. The zero-order valence-corrected chi connectivity index (χ0v) is 13.2. The molecule has 112 valence electrons. The van der Waals surface area contributed by atoms with Gasteiger partial charge in [-0.15, -0.1) is 11.3 Å². The first-order chi connectivity index (χ1) is 11.3. The standard InChI is InChI=1S/C19H14N2OS/c22-15-8-7-14-18(15)17(16-4-2-10-23-16)12-5-6-13-11(19(12)21-14)3-1-9-20-13/h1-6,9-10,17,21H,7-8H2. The van der Waals surface area contributed by atoms with Crippen molar-refractivity contribution in [1.82, 2.24) is 4.98 Å². The number of fused-ring (bicyclic) bond motifs is 3. The monoisotopic (exact) mass is 318 g/mol. The van der Waals surface area contributed by atoms with Gasteiger partial charge in [0.2, 0.25) is 0 Å². The molecule has 3 aromatic rings. The van der Waals surface area contributed by atoms with Crippen molar-refractivity contribution in [1.29, 1.82) is 0 Å². The molecule has 2 aromatic heterocycles. The van der Waals surface area contributed by atoms with Crippen LogP contribution in [0.25, 0.3) is 10.9 Å². The molecule has 0 radical (unpaired) electrons. The van der Waals surface area contributed by atoms with Crippen LogP contribution in [0.3, 0.4) is 0 Å². The van der Waals surface area contributed by atoms with Crippen LogP contribution in [0.2, 0.25) is 0 Å². The average molecular weight is 318 g/mol. The molecular weight excluding hydrogens is 304 g/mol. The summed E-state index contributed by atoms with van der Waals surface area (Å²) in [5.41, 5.74) is 5.34. The maximum Gasteiger partial charge on any atom is 0.161 e. The van der Waals surface area contributed by atoms with Gasteiger partial charge in [-0.05, 0) is 41.6 Å². The summed E-state index contributed by atoms with van der Waals surface area (Å²) in [5, 5.41) is 6.75. The predicted octanol–water partition coefficient (Wildman–Crippen LogP) is 4.47. The predicted molar refractivity (Wildman–Crippen MR) is 92.8 cm³/mol. The van der Waals surface area contributed by atoms with E-state index in [1.807, 2.05) is 12.3 Å². The van der Waals surface area contributed by atoms with Gasteiger partial charge in [-0.1, -0.05) is 12.1 Å². The third-order valence-corrected chi connectivity index (χ3v) is 5.69. The molecule has 3 heterocycles. The lowest BCUT2D eigenvalue weighted by atomic mass is 9.83. The van der Waals surface area contributed by atoms with E-state index >= 15 is 0 Å². The van der Waals surface area contributed by atoms with Gasteiger partial charge in [0.1, 0.15) is 0 Å². The van der Waals surface area contributed by atoms with E-state index in [1.165, 1.54) is 10.4 Å². The fourth-order valence-electron chi connectivity index (χ4n) is 3.75. The number of hydrogen-bond acceptors (Lipinski definition) is 4. The Labute approximate surface area is 137 Å². The van der Waals surface area contributed by atoms with Gasteiger partial charge >= 0.3 is 0 Å². The number of ketones is 1. The molecule has 5 rings (SSSR count). The van der Waals surface area contributed by atoms with Crippen LogP contribution >= 0.6 is 11.3 Å². The van der Waals surface area contributed by atoms with Gasteiger partial charge in [-0.2, -0.15) is 0 Å². The van der Waals surface area contributed by atoms with Crippen molar-refractivity contribution in [2.24, 2.45) is 0 Å². The molecule has 2 aliphatic rings. The van der Waals surface area contributed by atoms with E-state index in [9.17, 15) is 4.79 Å². The number of allylic oxidation sites excluding steroid dienone is 2. The van der Waals surface area contributed by atoms with Crippen LogP contribution in [-0.2, 0) is 4.79 Å². The molecule has 4 heteroatoms. The van der Waals surface area contributed by atoms with Gasteiger partial charge in [-0.3, -0.25) is 9.78 Å². The number of thiophene rings is 1. The maximum absolute atomic E-state index is 12.5. The molecule has 1 aliphatic carbocycles. The van der Waals surface area contributed by atoms with Gasteiger partial charge in [0.25, 0.3) is 0 Å². The van der Waals surface area contributed by atoms with Crippen LogP contribution < -0.4 is 5.32 Å². The van der Waals surface area contributed by atoms with Crippen molar-refractivity contribution in [3.8, 4) is 0 Å². The number of carbonyl (C=O) groups excluding carboxylic acids is 1. The van der Waals surface area contributed by atoms with Crippen molar-refractivity contribution in [2.45, 2.75) is 18.8 Å². The van der Waals surface area contributed by atoms with E-state index in [4.69, 9.17) is 0 Å². The SMILES string of the molecule is O=C1CCC2=C1C(c1cccs1)c1ccc3ncccc3c1N2. The van der Waals surface area contributed by atoms with Gasteiger partial charge in [0, 0.05) is 34.2 Å². The quantitative estimate of drug-likeness (QED) is 0.720. The number of hydrogen-bond donors (Lipinski definition) is 1. The van der Waals surface area contributed by atoms with E-state index in [0.717, 1.165) is 34.3 Å². The number of nitrogens with one attached hydrogen (secondary N) is 1. The first-order valence-electron chi connectivity index (χ1n) is 7.77. The largest absolute Gasteiger partial charge is 0.358 e. The smallest absolute Gasteiger partial charge is 0.161 e. The van der Waals surface area contributed by atoms with Crippen molar-refractivity contribution in [3.63, 3.8) is 0 Å². The molecular formula is C19H14N2OS. The fraction of sp³-hybridized carbons (Fsp3) is 0.158. The van der Waals surface area contributed by atoms with E-state index in [-0.39, 0.29) is 11.7 Å². The Kier molecular flexibility index (Phi) is 2.70. The Morgan fingerprint density at radius 1 is 1.13 bits per heavy atom. The summed E-state index contributed by atoms with van der Waals surface area (Å²) in [6.07, 6.45) is 3.24. The summed E-state index contributed by atoms with van der Waals surface area (Å²) >= 11 is 1.72. The first-order valence-corrected chi connectivity index (χ1v) is 8.65. The third kappa shape index (κ3) is 1.82. The normalized spacial score (nSPS) is 19.7. The number of benzene rings is 1. The minimum absolute atomic E-state index is 0.0563. The minimum atomic E-state index is 0.0563. The number of Topliss-reactive ketones (excluding diaryl/α,β-unsaturated/α-hetero) is 1. The van der Waals surface area contributed by atoms with Crippen molar-refractivity contribution >= 4 is 33.7 Å². The van der Waals surface area contributed by atoms with E-state index in [2.05, 4.69) is 46.0 Å². The van der Waals surface area contributed by atoms with Crippen molar-refractivity contribution in [2.75, 3.05) is 5.32 Å². The molecule has 23 heavy (non-hydrogen) atoms. The zero-order chi connectivity index (χ0) is 15.4. The Morgan fingerprint density at radius 3 is 2.96 bits per heavy atom. The van der Waals surface area contributed by atoms with Gasteiger partial charge < -0.3 is 5.32 Å². The molecule has 0 bridgehead atoms. The number of anilines is 1. The molecule has 0 spiro atoms. The fourth-order valence-corrected chi connectivity index (χ4v) is 4.60. The number of carbonyl (C=O) groups is 1. The van der Waals surface area contributed by atoms with Gasteiger partial charge in [0.15, 0.2) is 5.78 Å². The molecule has 0 amide bonds. The highest BCUT2D eigenvalue weighted by atomic mass is 32.1. The summed E-state index contributed by atoms with van der Waals surface area (Å²) in [6.45, 7) is 0. The Balaban J connectivity index is 1.82. The molecule has 1 aromatic carbocycles. The lowest BCUT2D eigenvalue weighted by Crippen LogP contribution is -2.18. The molecule has 0 fully saturated rings. The Morgan fingerprint density at radius 2 is 2.09 bits per heavy atom. The summed E-state index contributed by atoms with van der Waals surface area (Å²) < 4.78 is 0. The summed E-state index contributed by atoms with van der Waals surface area (Å²) in [4.78, 5) is 18.2. The van der Waals surface area contributed by atoms with Crippen LogP contribution in [0.1, 0.15) is 29.2 Å². The van der Waals surface area contributed by atoms with Crippen LogP contribution in [0.5, 0.6) is 0 Å². The Bertz CT molecular complexity index is 972. The van der Waals surface area contributed by atoms with Crippen LogP contribution in [-0.4, -0.2) is 10.8 Å². The zero-order valence-electron chi connectivity index (χ0n) is 12.4. The lowest BCUT2D eigenvalue weighted by molar-refractivity contribution is -0.115. The molecule has 3 nitrogen and oxygen atoms in total. The van der Waals surface area contributed by atoms with Crippen molar-refractivity contribution in [3.05, 3.63) is 69.7 Å². The number of pyridine rings is 1. The van der Waals surface area contributed by atoms with E-state index < -0.39 is 0 Å². The molecule has 1 N–H and O–H groups in total. The van der Waals surface area contributed by atoms with Gasteiger partial charge in [0.05, 0.1) is 17.1 Å². The molecule has 0 saturated heterocycles. The second-order valence-corrected chi connectivity index (χ2v) is 6.97. The van der Waals surface area contributed by atoms with E-state index in [0.29, 0.717) is 6.42 Å².